The van der Waals surface area contributed by atoms with Gasteiger partial charge in [0.2, 0.25) is 0 Å². The summed E-state index contributed by atoms with van der Waals surface area (Å²) in [7, 11) is 5.39. The maximum absolute atomic E-state index is 12.3. The average Bonchev–Trinajstić information content (AvgIpc) is 2.51. The van der Waals surface area contributed by atoms with E-state index in [0.29, 0.717) is 30.6 Å². The number of anilines is 1. The van der Waals surface area contributed by atoms with E-state index in [2.05, 4.69) is 22.2 Å². The molecule has 0 spiro atoms. The van der Waals surface area contributed by atoms with Gasteiger partial charge in [0.15, 0.2) is 0 Å². The Morgan fingerprint density at radius 3 is 2.38 bits per heavy atom. The molecule has 1 aromatic heterocycles. The van der Waals surface area contributed by atoms with Crippen LogP contribution in [-0.4, -0.2) is 51.8 Å². The van der Waals surface area contributed by atoms with E-state index in [0.717, 1.165) is 25.9 Å². The van der Waals surface area contributed by atoms with E-state index in [1.807, 2.05) is 0 Å². The fourth-order valence-corrected chi connectivity index (χ4v) is 3.34. The van der Waals surface area contributed by atoms with E-state index in [1.54, 1.807) is 14.1 Å². The molecule has 1 saturated heterocycles. The quantitative estimate of drug-likeness (QED) is 0.746. The summed E-state index contributed by atoms with van der Waals surface area (Å²) in [6, 6.07) is 0.504. The second-order valence-corrected chi connectivity index (χ2v) is 6.15. The summed E-state index contributed by atoms with van der Waals surface area (Å²) >= 11 is 0. The van der Waals surface area contributed by atoms with Gasteiger partial charge in [-0.1, -0.05) is 0 Å². The third-order valence-corrected chi connectivity index (χ3v) is 4.77. The fraction of sp³-hybridized carbons (Fsp3) is 0.714. The molecule has 0 amide bonds. The number of likely N-dealkylation sites (tertiary alicyclic amines) is 1. The summed E-state index contributed by atoms with van der Waals surface area (Å²) in [6.07, 6.45) is 2.25. The molecule has 0 atom stereocenters. The maximum Gasteiger partial charge on any atom is 0.332 e. The monoisotopic (exact) mass is 293 g/mol. The molecular formula is C14H23N5O2. The minimum absolute atomic E-state index is 0.182. The van der Waals surface area contributed by atoms with Gasteiger partial charge in [0.25, 0.3) is 5.56 Å². The van der Waals surface area contributed by atoms with Crippen molar-refractivity contribution in [3.8, 4) is 0 Å². The van der Waals surface area contributed by atoms with Gasteiger partial charge >= 0.3 is 5.69 Å². The molecule has 2 aliphatic rings. The van der Waals surface area contributed by atoms with Gasteiger partial charge in [-0.05, 0) is 33.0 Å². The Balaban J connectivity index is 1.89. The number of aromatic nitrogens is 2. The number of fused-ring (bicyclic) bond motifs is 1. The smallest absolute Gasteiger partial charge is 0.332 e. The van der Waals surface area contributed by atoms with Gasteiger partial charge in [-0.2, -0.15) is 0 Å². The van der Waals surface area contributed by atoms with Crippen LogP contribution in [0.4, 0.5) is 5.82 Å². The average molecular weight is 293 g/mol. The van der Waals surface area contributed by atoms with Crippen molar-refractivity contribution in [2.75, 3.05) is 32.1 Å². The van der Waals surface area contributed by atoms with Gasteiger partial charge in [0.1, 0.15) is 5.82 Å². The molecule has 7 nitrogen and oxygen atoms in total. The Labute approximate surface area is 123 Å². The Morgan fingerprint density at radius 2 is 1.71 bits per heavy atom. The van der Waals surface area contributed by atoms with Crippen molar-refractivity contribution >= 4 is 5.82 Å². The molecule has 1 N–H and O–H groups in total. The van der Waals surface area contributed by atoms with Crippen molar-refractivity contribution in [3.05, 3.63) is 26.4 Å². The lowest BCUT2D eigenvalue weighted by molar-refractivity contribution is 0.117. The summed E-state index contributed by atoms with van der Waals surface area (Å²) in [5.41, 5.74) is 0.238. The van der Waals surface area contributed by atoms with Crippen LogP contribution >= 0.6 is 0 Å². The fourth-order valence-electron chi connectivity index (χ4n) is 3.34. The maximum atomic E-state index is 12.3. The predicted octanol–water partition coefficient (Wildman–Crippen LogP) is -0.637. The molecule has 3 rings (SSSR count). The van der Waals surface area contributed by atoms with Gasteiger partial charge < -0.3 is 10.2 Å². The highest BCUT2D eigenvalue weighted by Crippen LogP contribution is 2.23. The van der Waals surface area contributed by atoms with E-state index >= 15 is 0 Å². The van der Waals surface area contributed by atoms with Crippen LogP contribution in [0.2, 0.25) is 0 Å². The number of hydrogen-bond donors (Lipinski definition) is 1. The normalized spacial score (nSPS) is 21.1. The van der Waals surface area contributed by atoms with Crippen LogP contribution in [0, 0.1) is 0 Å². The molecule has 0 bridgehead atoms. The highest BCUT2D eigenvalue weighted by Gasteiger charge is 2.29. The van der Waals surface area contributed by atoms with Crippen molar-refractivity contribution < 1.29 is 0 Å². The van der Waals surface area contributed by atoms with E-state index in [4.69, 9.17) is 0 Å². The first kappa shape index (κ1) is 14.3. The summed E-state index contributed by atoms with van der Waals surface area (Å²) < 4.78 is 2.72. The van der Waals surface area contributed by atoms with E-state index < -0.39 is 0 Å². The minimum Gasteiger partial charge on any atom is -0.358 e. The van der Waals surface area contributed by atoms with E-state index in [9.17, 15) is 9.59 Å². The van der Waals surface area contributed by atoms with Crippen molar-refractivity contribution in [1.82, 2.24) is 18.9 Å². The summed E-state index contributed by atoms with van der Waals surface area (Å²) in [6.45, 7) is 3.51. The largest absolute Gasteiger partial charge is 0.358 e. The summed E-state index contributed by atoms with van der Waals surface area (Å²) in [5, 5.41) is 3.26. The van der Waals surface area contributed by atoms with Crippen molar-refractivity contribution in [1.29, 1.82) is 0 Å². The Kier molecular flexibility index (Phi) is 3.62. The Hall–Kier alpha value is -1.60. The first-order chi connectivity index (χ1) is 9.99. The van der Waals surface area contributed by atoms with Crippen LogP contribution in [0.25, 0.3) is 0 Å². The van der Waals surface area contributed by atoms with Crippen LogP contribution in [0.1, 0.15) is 18.4 Å². The SMILES string of the molecule is CN1CCC(N2CNc3c(c(=O)n(C)c(=O)n3C)C2)CC1. The molecule has 7 heteroatoms. The topological polar surface area (TPSA) is 62.5 Å². The zero-order valence-electron chi connectivity index (χ0n) is 12.9. The predicted molar refractivity (Wildman–Crippen MR) is 81.5 cm³/mol. The molecule has 21 heavy (non-hydrogen) atoms. The van der Waals surface area contributed by atoms with E-state index in [1.165, 1.54) is 9.13 Å². The molecule has 0 aromatic carbocycles. The van der Waals surface area contributed by atoms with Crippen molar-refractivity contribution in [2.24, 2.45) is 14.1 Å². The van der Waals surface area contributed by atoms with Gasteiger partial charge in [0.05, 0.1) is 12.2 Å². The lowest BCUT2D eigenvalue weighted by Gasteiger charge is -2.40. The van der Waals surface area contributed by atoms with E-state index in [-0.39, 0.29) is 11.2 Å². The van der Waals surface area contributed by atoms with Crippen molar-refractivity contribution in [3.63, 3.8) is 0 Å². The third-order valence-electron chi connectivity index (χ3n) is 4.77. The summed E-state index contributed by atoms with van der Waals surface area (Å²) in [4.78, 5) is 28.9. The number of nitrogens with zero attached hydrogens (tertiary/aromatic N) is 4. The highest BCUT2D eigenvalue weighted by atomic mass is 16.2. The molecule has 116 valence electrons. The number of hydrogen-bond acceptors (Lipinski definition) is 5. The van der Waals surface area contributed by atoms with Gasteiger partial charge in [0, 0.05) is 26.7 Å². The number of piperidine rings is 1. The molecule has 3 heterocycles. The number of nitrogens with one attached hydrogen (secondary N) is 1. The third kappa shape index (κ3) is 2.40. The minimum atomic E-state index is -0.279. The first-order valence-corrected chi connectivity index (χ1v) is 7.44. The van der Waals surface area contributed by atoms with Crippen LogP contribution in [-0.2, 0) is 20.6 Å². The molecule has 1 fully saturated rings. The summed E-state index contributed by atoms with van der Waals surface area (Å²) in [5.74, 6) is 0.673. The Morgan fingerprint density at radius 1 is 1.05 bits per heavy atom. The van der Waals surface area contributed by atoms with Gasteiger partial charge in [-0.25, -0.2) is 4.79 Å². The van der Waals surface area contributed by atoms with Crippen LogP contribution in [0.5, 0.6) is 0 Å². The van der Waals surface area contributed by atoms with Crippen molar-refractivity contribution in [2.45, 2.75) is 25.4 Å². The molecule has 0 radical (unpaired) electrons. The molecule has 0 unspecified atom stereocenters. The van der Waals surface area contributed by atoms with Crippen LogP contribution < -0.4 is 16.6 Å². The second-order valence-electron chi connectivity index (χ2n) is 6.15. The van der Waals surface area contributed by atoms with Crippen LogP contribution in [0.3, 0.4) is 0 Å². The second kappa shape index (κ2) is 5.31. The van der Waals surface area contributed by atoms with Gasteiger partial charge in [-0.15, -0.1) is 0 Å². The zero-order chi connectivity index (χ0) is 15.1. The number of rotatable bonds is 1. The molecule has 0 aliphatic carbocycles. The molecule has 0 saturated carbocycles. The zero-order valence-corrected chi connectivity index (χ0v) is 12.9. The van der Waals surface area contributed by atoms with Crippen LogP contribution in [0.15, 0.2) is 9.59 Å². The van der Waals surface area contributed by atoms with Gasteiger partial charge in [-0.3, -0.25) is 18.8 Å². The molecule has 1 aromatic rings. The molecular weight excluding hydrogens is 270 g/mol. The molecule has 2 aliphatic heterocycles. The lowest BCUT2D eigenvalue weighted by atomic mass is 10.0. The first-order valence-electron chi connectivity index (χ1n) is 7.44. The highest BCUT2D eigenvalue weighted by molar-refractivity contribution is 5.45. The standard InChI is InChI=1S/C14H23N5O2/c1-16-6-4-10(5-7-16)19-8-11-12(15-9-19)17(2)14(21)18(3)13(11)20/h10,15H,4-9H2,1-3H3. The Bertz CT molecular complexity index is 655. The lowest BCUT2D eigenvalue weighted by Crippen LogP contribution is -2.51.